The molecule has 2 aliphatic carbocycles. The molecular formula is C25H33N5O5. The maximum atomic E-state index is 12.5. The first kappa shape index (κ1) is 24.7. The number of carbonyl (C=O) groups is 2. The van der Waals surface area contributed by atoms with Crippen molar-refractivity contribution in [1.82, 2.24) is 24.9 Å². The maximum Gasteiger partial charge on any atom is 0.409 e. The largest absolute Gasteiger partial charge is 0.489 e. The Bertz CT molecular complexity index is 1100. The Morgan fingerprint density at radius 3 is 2.80 bits per heavy atom. The molecule has 4 atom stereocenters. The van der Waals surface area contributed by atoms with E-state index in [2.05, 4.69) is 21.9 Å². The fourth-order valence-corrected chi connectivity index (χ4v) is 4.63. The van der Waals surface area contributed by atoms with E-state index in [1.54, 1.807) is 29.7 Å². The Morgan fingerprint density at radius 1 is 1.31 bits per heavy atom. The topological polar surface area (TPSA) is 120 Å². The second-order valence-corrected chi connectivity index (χ2v) is 9.56. The molecule has 10 heteroatoms. The maximum absolute atomic E-state index is 12.5. The summed E-state index contributed by atoms with van der Waals surface area (Å²) in [6.07, 6.45) is 5.31. The molecule has 1 amide bonds. The normalized spacial score (nSPS) is 23.4. The van der Waals surface area contributed by atoms with Crippen LogP contribution in [0.25, 0.3) is 11.4 Å². The predicted octanol–water partition coefficient (Wildman–Crippen LogP) is 3.60. The Hall–Kier alpha value is -3.43. The van der Waals surface area contributed by atoms with Crippen LogP contribution in [0.5, 0.6) is 5.75 Å². The number of ether oxygens (including phenoxy) is 2. The van der Waals surface area contributed by atoms with E-state index in [0.717, 1.165) is 19.3 Å². The number of allylic oxidation sites excluding steroid dienone is 1. The number of amides is 1. The van der Waals surface area contributed by atoms with Crippen LogP contribution in [0.2, 0.25) is 0 Å². The van der Waals surface area contributed by atoms with Gasteiger partial charge in [-0.25, -0.2) is 14.5 Å². The van der Waals surface area contributed by atoms with Crippen molar-refractivity contribution < 1.29 is 24.2 Å². The van der Waals surface area contributed by atoms with E-state index in [1.807, 2.05) is 19.1 Å². The number of nitrogens with zero attached hydrogens (tertiary/aromatic N) is 5. The van der Waals surface area contributed by atoms with Gasteiger partial charge >= 0.3 is 12.1 Å². The SMILES string of the molecule is C=C[C@H]1C[C@@H]1CN(C)C(=O)OCc1c(-c2ccc(O[C@H]3CCC[C@H](C(=O)O)C3)c(C)n2)nnn1C. The van der Waals surface area contributed by atoms with Gasteiger partial charge in [0.15, 0.2) is 0 Å². The smallest absolute Gasteiger partial charge is 0.409 e. The lowest BCUT2D eigenvalue weighted by molar-refractivity contribution is -0.143. The van der Waals surface area contributed by atoms with Gasteiger partial charge < -0.3 is 19.5 Å². The van der Waals surface area contributed by atoms with Gasteiger partial charge in [-0.3, -0.25) is 4.79 Å². The molecular weight excluding hydrogens is 450 g/mol. The lowest BCUT2D eigenvalue weighted by Gasteiger charge is -2.27. The van der Waals surface area contributed by atoms with Gasteiger partial charge in [0.05, 0.1) is 23.4 Å². The van der Waals surface area contributed by atoms with Crippen LogP contribution >= 0.6 is 0 Å². The Labute approximate surface area is 204 Å². The molecule has 0 unspecified atom stereocenters. The Kier molecular flexibility index (Phi) is 7.37. The van der Waals surface area contributed by atoms with Crippen molar-refractivity contribution in [3.8, 4) is 17.1 Å². The van der Waals surface area contributed by atoms with E-state index < -0.39 is 12.1 Å². The fraction of sp³-hybridized carbons (Fsp3) is 0.560. The van der Waals surface area contributed by atoms with Gasteiger partial charge in [0.1, 0.15) is 23.7 Å². The minimum Gasteiger partial charge on any atom is -0.489 e. The fourth-order valence-electron chi connectivity index (χ4n) is 4.63. The third kappa shape index (κ3) is 5.80. The number of carbonyl (C=O) groups excluding carboxylic acids is 1. The minimum absolute atomic E-state index is 0.0230. The van der Waals surface area contributed by atoms with E-state index in [0.29, 0.717) is 59.7 Å². The van der Waals surface area contributed by atoms with Crippen LogP contribution in [0.4, 0.5) is 4.79 Å². The number of carboxylic acids is 1. The summed E-state index contributed by atoms with van der Waals surface area (Å²) in [7, 11) is 3.48. The molecule has 0 radical (unpaired) electrons. The van der Waals surface area contributed by atoms with Crippen molar-refractivity contribution >= 4 is 12.1 Å². The van der Waals surface area contributed by atoms with Crippen LogP contribution in [0.3, 0.4) is 0 Å². The molecule has 4 rings (SSSR count). The summed E-state index contributed by atoms with van der Waals surface area (Å²) in [5, 5.41) is 17.6. The molecule has 2 aliphatic rings. The third-order valence-corrected chi connectivity index (χ3v) is 6.92. The molecule has 2 aromatic rings. The molecule has 0 aromatic carbocycles. The predicted molar refractivity (Wildman–Crippen MR) is 128 cm³/mol. The number of hydrogen-bond donors (Lipinski definition) is 1. The van der Waals surface area contributed by atoms with Gasteiger partial charge in [-0.1, -0.05) is 11.3 Å². The minimum atomic E-state index is -0.765. The van der Waals surface area contributed by atoms with Crippen LogP contribution < -0.4 is 4.74 Å². The van der Waals surface area contributed by atoms with Crippen molar-refractivity contribution in [1.29, 1.82) is 0 Å². The van der Waals surface area contributed by atoms with Crippen molar-refractivity contribution in [3.05, 3.63) is 36.2 Å². The lowest BCUT2D eigenvalue weighted by atomic mass is 9.87. The Balaban J connectivity index is 1.39. The molecule has 35 heavy (non-hydrogen) atoms. The summed E-state index contributed by atoms with van der Waals surface area (Å²) in [6, 6.07) is 3.62. The molecule has 2 aromatic heterocycles. The molecule has 0 spiro atoms. The zero-order valence-electron chi connectivity index (χ0n) is 20.5. The average molecular weight is 484 g/mol. The van der Waals surface area contributed by atoms with E-state index >= 15 is 0 Å². The lowest BCUT2D eigenvalue weighted by Crippen LogP contribution is -2.30. The van der Waals surface area contributed by atoms with Crippen LogP contribution in [0.1, 0.15) is 43.5 Å². The molecule has 0 bridgehead atoms. The highest BCUT2D eigenvalue weighted by Crippen LogP contribution is 2.39. The highest BCUT2D eigenvalue weighted by molar-refractivity contribution is 5.70. The summed E-state index contributed by atoms with van der Waals surface area (Å²) in [5.74, 6) is 0.435. The first-order valence-corrected chi connectivity index (χ1v) is 12.0. The molecule has 2 saturated carbocycles. The molecule has 1 N–H and O–H groups in total. The molecule has 2 heterocycles. The van der Waals surface area contributed by atoms with Gasteiger partial charge in [0.25, 0.3) is 0 Å². The number of carboxylic acid groups (broad SMARTS) is 1. The second-order valence-electron chi connectivity index (χ2n) is 9.56. The zero-order chi connectivity index (χ0) is 25.1. The van der Waals surface area contributed by atoms with E-state index in [1.165, 1.54) is 0 Å². The van der Waals surface area contributed by atoms with Crippen LogP contribution in [0.15, 0.2) is 24.8 Å². The molecule has 188 valence electrons. The van der Waals surface area contributed by atoms with Crippen molar-refractivity contribution in [2.45, 2.75) is 51.7 Å². The quantitative estimate of drug-likeness (QED) is 0.537. The van der Waals surface area contributed by atoms with Crippen LogP contribution in [-0.2, 0) is 23.2 Å². The van der Waals surface area contributed by atoms with Crippen molar-refractivity contribution in [2.75, 3.05) is 13.6 Å². The highest BCUT2D eigenvalue weighted by atomic mass is 16.6. The molecule has 0 saturated heterocycles. The van der Waals surface area contributed by atoms with Crippen molar-refractivity contribution in [2.24, 2.45) is 24.8 Å². The van der Waals surface area contributed by atoms with Crippen LogP contribution in [-0.4, -0.2) is 61.7 Å². The van der Waals surface area contributed by atoms with Gasteiger partial charge in [-0.2, -0.15) is 0 Å². The third-order valence-electron chi connectivity index (χ3n) is 6.92. The number of aliphatic carboxylic acids is 1. The second kappa shape index (κ2) is 10.5. The monoisotopic (exact) mass is 483 g/mol. The standard InChI is InChI=1S/C25H33N5O5/c1-5-16-11-18(16)13-29(3)25(33)34-14-21-23(27-28-30(21)4)20-9-10-22(15(2)26-20)35-19-8-6-7-17(12-19)24(31)32/h5,9-10,16-19H,1,6-8,11-14H2,2-4H3,(H,31,32)/t16-,17-,18+,19-/m0/s1. The van der Waals surface area contributed by atoms with E-state index in [-0.39, 0.29) is 18.6 Å². The number of aryl methyl sites for hydroxylation is 2. The van der Waals surface area contributed by atoms with Crippen molar-refractivity contribution in [3.63, 3.8) is 0 Å². The number of rotatable bonds is 9. The Morgan fingerprint density at radius 2 is 2.11 bits per heavy atom. The van der Waals surface area contributed by atoms with Gasteiger partial charge in [0.2, 0.25) is 0 Å². The summed E-state index contributed by atoms with van der Waals surface area (Å²) >= 11 is 0. The zero-order valence-corrected chi connectivity index (χ0v) is 20.5. The average Bonchev–Trinajstić information content (AvgIpc) is 3.49. The van der Waals surface area contributed by atoms with Gasteiger partial charge in [-0.05, 0) is 63.0 Å². The number of pyridine rings is 1. The van der Waals surface area contributed by atoms with Crippen LogP contribution in [0, 0.1) is 24.7 Å². The first-order valence-electron chi connectivity index (χ1n) is 12.0. The summed E-state index contributed by atoms with van der Waals surface area (Å²) in [6.45, 7) is 6.31. The van der Waals surface area contributed by atoms with E-state index in [4.69, 9.17) is 9.47 Å². The van der Waals surface area contributed by atoms with Gasteiger partial charge in [-0.15, -0.1) is 11.7 Å². The molecule has 2 fully saturated rings. The molecule has 10 nitrogen and oxygen atoms in total. The van der Waals surface area contributed by atoms with Gasteiger partial charge in [0, 0.05) is 20.6 Å². The number of aromatic nitrogens is 4. The molecule has 0 aliphatic heterocycles. The van der Waals surface area contributed by atoms with E-state index in [9.17, 15) is 14.7 Å². The first-order chi connectivity index (χ1) is 16.8. The summed E-state index contributed by atoms with van der Waals surface area (Å²) in [5.41, 5.74) is 2.45. The summed E-state index contributed by atoms with van der Waals surface area (Å²) in [4.78, 5) is 30.0. The highest BCUT2D eigenvalue weighted by Gasteiger charge is 2.36. The number of hydrogen-bond acceptors (Lipinski definition) is 7. The summed E-state index contributed by atoms with van der Waals surface area (Å²) < 4.78 is 13.2.